The van der Waals surface area contributed by atoms with Gasteiger partial charge < -0.3 is 5.73 Å². The van der Waals surface area contributed by atoms with E-state index in [9.17, 15) is 0 Å². The molecule has 5 nitrogen and oxygen atoms in total. The van der Waals surface area contributed by atoms with Crippen molar-refractivity contribution in [3.05, 3.63) is 24.0 Å². The Balaban J connectivity index is 2.50. The molecule has 2 rings (SSSR count). The molecule has 2 heterocycles. The number of nitrogen functional groups attached to an aromatic ring is 1. The molecular formula is C11H15N5. The van der Waals surface area contributed by atoms with Crippen LogP contribution in [-0.2, 0) is 7.05 Å². The highest BCUT2D eigenvalue weighted by Gasteiger charge is 2.14. The maximum absolute atomic E-state index is 5.51. The molecule has 0 amide bonds. The molecule has 0 saturated heterocycles. The van der Waals surface area contributed by atoms with Crippen LogP contribution in [0.25, 0.3) is 11.3 Å². The van der Waals surface area contributed by atoms with Crippen molar-refractivity contribution >= 4 is 5.82 Å². The van der Waals surface area contributed by atoms with Gasteiger partial charge in [0.2, 0.25) is 0 Å². The minimum absolute atomic E-state index is 0.357. The number of aromatic nitrogens is 4. The highest BCUT2D eigenvalue weighted by atomic mass is 15.3. The van der Waals surface area contributed by atoms with E-state index in [4.69, 9.17) is 5.73 Å². The zero-order valence-corrected chi connectivity index (χ0v) is 9.68. The molecule has 0 spiro atoms. The highest BCUT2D eigenvalue weighted by molar-refractivity contribution is 5.62. The van der Waals surface area contributed by atoms with E-state index in [1.165, 1.54) is 0 Å². The van der Waals surface area contributed by atoms with Crippen molar-refractivity contribution < 1.29 is 0 Å². The van der Waals surface area contributed by atoms with Crippen molar-refractivity contribution in [3.63, 3.8) is 0 Å². The molecule has 2 aromatic rings. The lowest BCUT2D eigenvalue weighted by Gasteiger charge is -2.03. The van der Waals surface area contributed by atoms with Gasteiger partial charge in [0.15, 0.2) is 0 Å². The fraction of sp³-hybridized carbons (Fsp3) is 0.364. The van der Waals surface area contributed by atoms with Gasteiger partial charge in [-0.1, -0.05) is 13.8 Å². The quantitative estimate of drug-likeness (QED) is 0.829. The van der Waals surface area contributed by atoms with Gasteiger partial charge in [0.1, 0.15) is 5.82 Å². The van der Waals surface area contributed by atoms with Crippen LogP contribution in [-0.4, -0.2) is 20.0 Å². The summed E-state index contributed by atoms with van der Waals surface area (Å²) in [6, 6.07) is 3.62. The molecule has 0 aliphatic carbocycles. The zero-order chi connectivity index (χ0) is 11.7. The molecule has 0 aliphatic rings. The average Bonchev–Trinajstić information content (AvgIpc) is 2.61. The van der Waals surface area contributed by atoms with Gasteiger partial charge in [0, 0.05) is 18.8 Å². The molecular weight excluding hydrogens is 202 g/mol. The van der Waals surface area contributed by atoms with E-state index < -0.39 is 0 Å². The third-order valence-electron chi connectivity index (χ3n) is 2.37. The second kappa shape index (κ2) is 3.92. The molecule has 0 saturated carbocycles. The zero-order valence-electron chi connectivity index (χ0n) is 9.68. The van der Waals surface area contributed by atoms with Crippen LogP contribution in [0.2, 0.25) is 0 Å². The molecule has 0 aliphatic heterocycles. The average molecular weight is 217 g/mol. The van der Waals surface area contributed by atoms with Crippen LogP contribution in [0.1, 0.15) is 25.5 Å². The molecule has 84 valence electrons. The molecule has 5 heteroatoms. The number of rotatable bonds is 2. The SMILES string of the molecule is CC(C)c1nn(C)cc1-c1ccc(N)nn1. The Hall–Kier alpha value is -1.91. The van der Waals surface area contributed by atoms with Crippen LogP contribution in [0, 0.1) is 0 Å². The van der Waals surface area contributed by atoms with Crippen LogP contribution in [0.3, 0.4) is 0 Å². The summed E-state index contributed by atoms with van der Waals surface area (Å²) in [6.45, 7) is 4.22. The molecule has 0 fully saturated rings. The first-order valence-electron chi connectivity index (χ1n) is 5.21. The smallest absolute Gasteiger partial charge is 0.146 e. The second-order valence-electron chi connectivity index (χ2n) is 4.10. The van der Waals surface area contributed by atoms with E-state index in [1.807, 2.05) is 19.3 Å². The predicted molar refractivity (Wildman–Crippen MR) is 62.7 cm³/mol. The number of anilines is 1. The third-order valence-corrected chi connectivity index (χ3v) is 2.37. The van der Waals surface area contributed by atoms with Crippen LogP contribution < -0.4 is 5.73 Å². The third kappa shape index (κ3) is 1.88. The molecule has 16 heavy (non-hydrogen) atoms. The summed E-state index contributed by atoms with van der Waals surface area (Å²) >= 11 is 0. The summed E-state index contributed by atoms with van der Waals surface area (Å²) < 4.78 is 1.79. The fourth-order valence-electron chi connectivity index (χ4n) is 1.62. The lowest BCUT2D eigenvalue weighted by Crippen LogP contribution is -1.96. The molecule has 2 aromatic heterocycles. The molecule has 0 unspecified atom stereocenters. The van der Waals surface area contributed by atoms with E-state index in [1.54, 1.807) is 10.7 Å². The molecule has 0 bridgehead atoms. The van der Waals surface area contributed by atoms with E-state index in [0.717, 1.165) is 17.0 Å². The first kappa shape index (κ1) is 10.6. The van der Waals surface area contributed by atoms with Crippen molar-refractivity contribution in [1.82, 2.24) is 20.0 Å². The van der Waals surface area contributed by atoms with E-state index in [0.29, 0.717) is 11.7 Å². The summed E-state index contributed by atoms with van der Waals surface area (Å²) in [7, 11) is 1.90. The van der Waals surface area contributed by atoms with Gasteiger partial charge in [-0.3, -0.25) is 4.68 Å². The number of hydrogen-bond donors (Lipinski definition) is 1. The van der Waals surface area contributed by atoms with Crippen LogP contribution >= 0.6 is 0 Å². The second-order valence-corrected chi connectivity index (χ2v) is 4.10. The summed E-state index contributed by atoms with van der Waals surface area (Å²) in [5.74, 6) is 0.786. The monoisotopic (exact) mass is 217 g/mol. The summed E-state index contributed by atoms with van der Waals surface area (Å²) in [4.78, 5) is 0. The maximum Gasteiger partial charge on any atom is 0.146 e. The van der Waals surface area contributed by atoms with Crippen molar-refractivity contribution in [3.8, 4) is 11.3 Å². The summed E-state index contributed by atoms with van der Waals surface area (Å²) in [6.07, 6.45) is 1.95. The van der Waals surface area contributed by atoms with E-state index in [2.05, 4.69) is 29.1 Å². The van der Waals surface area contributed by atoms with Crippen molar-refractivity contribution in [2.75, 3.05) is 5.73 Å². The Morgan fingerprint density at radius 3 is 2.56 bits per heavy atom. The molecule has 0 atom stereocenters. The number of nitrogens with zero attached hydrogens (tertiary/aromatic N) is 4. The van der Waals surface area contributed by atoms with Crippen LogP contribution in [0.4, 0.5) is 5.82 Å². The van der Waals surface area contributed by atoms with Crippen molar-refractivity contribution in [2.24, 2.45) is 7.05 Å². The number of nitrogens with two attached hydrogens (primary N) is 1. The summed E-state index contributed by atoms with van der Waals surface area (Å²) in [5.41, 5.74) is 8.37. The molecule has 0 aromatic carbocycles. The first-order chi connectivity index (χ1) is 7.58. The van der Waals surface area contributed by atoms with E-state index in [-0.39, 0.29) is 0 Å². The summed E-state index contributed by atoms with van der Waals surface area (Å²) in [5, 5.41) is 12.4. The maximum atomic E-state index is 5.51. The van der Waals surface area contributed by atoms with Gasteiger partial charge in [-0.25, -0.2) is 0 Å². The fourth-order valence-corrected chi connectivity index (χ4v) is 1.62. The lowest BCUT2D eigenvalue weighted by atomic mass is 10.0. The van der Waals surface area contributed by atoms with E-state index >= 15 is 0 Å². The number of hydrogen-bond acceptors (Lipinski definition) is 4. The van der Waals surface area contributed by atoms with Gasteiger partial charge in [-0.15, -0.1) is 10.2 Å². The van der Waals surface area contributed by atoms with Gasteiger partial charge in [0.25, 0.3) is 0 Å². The van der Waals surface area contributed by atoms with Gasteiger partial charge in [0.05, 0.1) is 11.4 Å². The van der Waals surface area contributed by atoms with Crippen molar-refractivity contribution in [2.45, 2.75) is 19.8 Å². The Labute approximate surface area is 94.3 Å². The Bertz CT molecular complexity index is 484. The Morgan fingerprint density at radius 2 is 2.00 bits per heavy atom. The standard InChI is InChI=1S/C11H15N5/c1-7(2)11-8(6-16(3)15-11)9-4-5-10(12)14-13-9/h4-7H,1-3H3,(H2,12,14). The topological polar surface area (TPSA) is 69.6 Å². The Kier molecular flexibility index (Phi) is 2.60. The highest BCUT2D eigenvalue weighted by Crippen LogP contribution is 2.26. The predicted octanol–water partition coefficient (Wildman–Crippen LogP) is 1.58. The molecule has 2 N–H and O–H groups in total. The van der Waals surface area contributed by atoms with Crippen LogP contribution in [0.15, 0.2) is 18.3 Å². The number of aryl methyl sites for hydroxylation is 1. The van der Waals surface area contributed by atoms with Crippen molar-refractivity contribution in [1.29, 1.82) is 0 Å². The largest absolute Gasteiger partial charge is 0.382 e. The van der Waals surface area contributed by atoms with Gasteiger partial charge in [-0.05, 0) is 18.1 Å². The van der Waals surface area contributed by atoms with Gasteiger partial charge in [-0.2, -0.15) is 5.10 Å². The lowest BCUT2D eigenvalue weighted by molar-refractivity contribution is 0.713. The Morgan fingerprint density at radius 1 is 1.25 bits per heavy atom. The van der Waals surface area contributed by atoms with Crippen LogP contribution in [0.5, 0.6) is 0 Å². The minimum Gasteiger partial charge on any atom is -0.382 e. The van der Waals surface area contributed by atoms with Gasteiger partial charge >= 0.3 is 0 Å². The molecule has 0 radical (unpaired) electrons. The minimum atomic E-state index is 0.357. The first-order valence-corrected chi connectivity index (χ1v) is 5.21. The normalized spacial score (nSPS) is 11.0.